The Morgan fingerprint density at radius 1 is 1.47 bits per heavy atom. The first-order valence-corrected chi connectivity index (χ1v) is 6.10. The topological polar surface area (TPSA) is 54.0 Å². The number of carbonyl (C=O) groups is 1. The van der Waals surface area contributed by atoms with Crippen LogP contribution in [0.4, 0.5) is 0 Å². The van der Waals surface area contributed by atoms with E-state index in [0.717, 1.165) is 25.1 Å². The Hall–Kier alpha value is -1.42. The van der Waals surface area contributed by atoms with Crippen LogP contribution in [0, 0.1) is 5.92 Å². The summed E-state index contributed by atoms with van der Waals surface area (Å²) in [6.07, 6.45) is 3.41. The molecule has 17 heavy (non-hydrogen) atoms. The summed E-state index contributed by atoms with van der Waals surface area (Å²) in [4.78, 5) is 16.0. The van der Waals surface area contributed by atoms with Gasteiger partial charge < -0.3 is 10.6 Å². The fourth-order valence-electron chi connectivity index (χ4n) is 1.67. The van der Waals surface area contributed by atoms with Gasteiger partial charge in [-0.1, -0.05) is 13.0 Å². The quantitative estimate of drug-likeness (QED) is 0.741. The number of nitrogens with zero attached hydrogens (tertiary/aromatic N) is 1. The Morgan fingerprint density at radius 2 is 2.29 bits per heavy atom. The molecule has 0 bridgehead atoms. The summed E-state index contributed by atoms with van der Waals surface area (Å²) in [6, 6.07) is 5.82. The average Bonchev–Trinajstić information content (AvgIpc) is 2.37. The maximum atomic E-state index is 11.8. The molecule has 0 saturated heterocycles. The molecule has 1 aromatic heterocycles. The minimum absolute atomic E-state index is 0.0590. The highest BCUT2D eigenvalue weighted by Crippen LogP contribution is 2.01. The maximum Gasteiger partial charge on any atom is 0.224 e. The van der Waals surface area contributed by atoms with Crippen molar-refractivity contribution >= 4 is 5.91 Å². The van der Waals surface area contributed by atoms with Crippen LogP contribution in [-0.2, 0) is 11.2 Å². The highest BCUT2D eigenvalue weighted by Gasteiger charge is 2.14. The summed E-state index contributed by atoms with van der Waals surface area (Å²) >= 11 is 0. The van der Waals surface area contributed by atoms with Gasteiger partial charge in [0.1, 0.15) is 0 Å². The monoisotopic (exact) mass is 235 g/mol. The van der Waals surface area contributed by atoms with Crippen LogP contribution in [0.15, 0.2) is 24.4 Å². The second-order valence-electron chi connectivity index (χ2n) is 4.02. The van der Waals surface area contributed by atoms with E-state index in [1.54, 1.807) is 6.20 Å². The van der Waals surface area contributed by atoms with Crippen molar-refractivity contribution in [3.63, 3.8) is 0 Å². The van der Waals surface area contributed by atoms with E-state index in [1.165, 1.54) is 0 Å². The fraction of sp³-hybridized carbons (Fsp3) is 0.538. The molecule has 0 aliphatic carbocycles. The summed E-state index contributed by atoms with van der Waals surface area (Å²) in [6.45, 7) is 3.41. The second kappa shape index (κ2) is 7.79. The predicted octanol–water partition coefficient (Wildman–Crippen LogP) is 0.986. The van der Waals surface area contributed by atoms with E-state index in [4.69, 9.17) is 0 Å². The van der Waals surface area contributed by atoms with Crippen LogP contribution >= 0.6 is 0 Å². The van der Waals surface area contributed by atoms with Gasteiger partial charge in [-0.05, 0) is 25.6 Å². The van der Waals surface area contributed by atoms with Gasteiger partial charge in [-0.25, -0.2) is 0 Å². The lowest BCUT2D eigenvalue weighted by Gasteiger charge is -2.14. The Labute approximate surface area is 103 Å². The molecule has 0 saturated carbocycles. The molecule has 1 aromatic rings. The number of aromatic nitrogens is 1. The van der Waals surface area contributed by atoms with Gasteiger partial charge in [-0.3, -0.25) is 9.78 Å². The molecule has 0 fully saturated rings. The van der Waals surface area contributed by atoms with Crippen LogP contribution in [0.5, 0.6) is 0 Å². The molecule has 4 nitrogen and oxygen atoms in total. The zero-order valence-corrected chi connectivity index (χ0v) is 10.6. The molecular weight excluding hydrogens is 214 g/mol. The number of carbonyl (C=O) groups excluding carboxylic acids is 1. The molecule has 1 heterocycles. The molecular formula is C13H21N3O. The molecule has 94 valence electrons. The van der Waals surface area contributed by atoms with Crippen molar-refractivity contribution in [2.24, 2.45) is 5.92 Å². The number of hydrogen-bond acceptors (Lipinski definition) is 3. The highest BCUT2D eigenvalue weighted by atomic mass is 16.1. The Bertz CT molecular complexity index is 327. The summed E-state index contributed by atoms with van der Waals surface area (Å²) in [5.74, 6) is 0.182. The average molecular weight is 235 g/mol. The lowest BCUT2D eigenvalue weighted by Crippen LogP contribution is -2.36. The van der Waals surface area contributed by atoms with Gasteiger partial charge in [0.2, 0.25) is 5.91 Å². The van der Waals surface area contributed by atoms with Crippen LogP contribution in [0.3, 0.4) is 0 Å². The van der Waals surface area contributed by atoms with Crippen LogP contribution in [0.1, 0.15) is 19.0 Å². The normalized spacial score (nSPS) is 12.1. The van der Waals surface area contributed by atoms with E-state index >= 15 is 0 Å². The van der Waals surface area contributed by atoms with Gasteiger partial charge in [0.25, 0.3) is 0 Å². The van der Waals surface area contributed by atoms with Gasteiger partial charge in [0, 0.05) is 31.4 Å². The lowest BCUT2D eigenvalue weighted by molar-refractivity contribution is -0.124. The third-order valence-corrected chi connectivity index (χ3v) is 2.72. The van der Waals surface area contributed by atoms with Crippen molar-refractivity contribution in [3.05, 3.63) is 30.1 Å². The molecule has 1 unspecified atom stereocenters. The van der Waals surface area contributed by atoms with Crippen LogP contribution in [0.2, 0.25) is 0 Å². The zero-order valence-electron chi connectivity index (χ0n) is 10.6. The molecule has 4 heteroatoms. The Kier molecular flexibility index (Phi) is 6.25. The van der Waals surface area contributed by atoms with Crippen molar-refractivity contribution in [1.29, 1.82) is 0 Å². The van der Waals surface area contributed by atoms with Crippen molar-refractivity contribution in [2.45, 2.75) is 19.8 Å². The van der Waals surface area contributed by atoms with Gasteiger partial charge in [-0.15, -0.1) is 0 Å². The summed E-state index contributed by atoms with van der Waals surface area (Å²) in [5.41, 5.74) is 1.01. The third kappa shape index (κ3) is 4.95. The highest BCUT2D eigenvalue weighted by molar-refractivity contribution is 5.78. The first-order chi connectivity index (χ1) is 8.27. The first kappa shape index (κ1) is 13.6. The molecule has 0 aliphatic rings. The van der Waals surface area contributed by atoms with E-state index in [-0.39, 0.29) is 11.8 Å². The molecule has 2 N–H and O–H groups in total. The third-order valence-electron chi connectivity index (χ3n) is 2.72. The van der Waals surface area contributed by atoms with Crippen molar-refractivity contribution < 1.29 is 4.79 Å². The molecule has 1 atom stereocenters. The number of pyridine rings is 1. The van der Waals surface area contributed by atoms with E-state index in [9.17, 15) is 4.79 Å². The van der Waals surface area contributed by atoms with E-state index < -0.39 is 0 Å². The molecule has 0 aromatic carbocycles. The second-order valence-corrected chi connectivity index (χ2v) is 4.02. The van der Waals surface area contributed by atoms with Gasteiger partial charge in [-0.2, -0.15) is 0 Å². The van der Waals surface area contributed by atoms with Crippen LogP contribution in [0.25, 0.3) is 0 Å². The van der Waals surface area contributed by atoms with Crippen molar-refractivity contribution in [1.82, 2.24) is 15.6 Å². The number of nitrogens with one attached hydrogen (secondary N) is 2. The number of amides is 1. The maximum absolute atomic E-state index is 11.8. The number of hydrogen-bond donors (Lipinski definition) is 2. The van der Waals surface area contributed by atoms with Gasteiger partial charge in [0.15, 0.2) is 0 Å². The van der Waals surface area contributed by atoms with Crippen LogP contribution < -0.4 is 10.6 Å². The standard InChI is InChI=1S/C13H21N3O/c1-3-11(10-14-2)13(17)16-9-7-12-6-4-5-8-15-12/h4-6,8,11,14H,3,7,9-10H2,1-2H3,(H,16,17). The fourth-order valence-corrected chi connectivity index (χ4v) is 1.67. The predicted molar refractivity (Wildman–Crippen MR) is 68.7 cm³/mol. The minimum Gasteiger partial charge on any atom is -0.355 e. The Morgan fingerprint density at radius 3 is 2.88 bits per heavy atom. The van der Waals surface area contributed by atoms with E-state index in [0.29, 0.717) is 6.54 Å². The molecule has 0 radical (unpaired) electrons. The minimum atomic E-state index is 0.0590. The van der Waals surface area contributed by atoms with Gasteiger partial charge >= 0.3 is 0 Å². The van der Waals surface area contributed by atoms with Crippen LogP contribution in [-0.4, -0.2) is 31.0 Å². The molecule has 0 aliphatic heterocycles. The summed E-state index contributed by atoms with van der Waals surface area (Å²) in [7, 11) is 1.86. The largest absolute Gasteiger partial charge is 0.355 e. The number of rotatable bonds is 7. The zero-order chi connectivity index (χ0) is 12.5. The smallest absolute Gasteiger partial charge is 0.224 e. The molecule has 1 amide bonds. The van der Waals surface area contributed by atoms with Gasteiger partial charge in [0.05, 0.1) is 5.92 Å². The van der Waals surface area contributed by atoms with E-state index in [1.807, 2.05) is 32.2 Å². The first-order valence-electron chi connectivity index (χ1n) is 6.10. The molecule has 1 rings (SSSR count). The van der Waals surface area contributed by atoms with Crippen molar-refractivity contribution in [2.75, 3.05) is 20.1 Å². The summed E-state index contributed by atoms with van der Waals surface area (Å²) < 4.78 is 0. The van der Waals surface area contributed by atoms with E-state index in [2.05, 4.69) is 15.6 Å². The van der Waals surface area contributed by atoms with Crippen molar-refractivity contribution in [3.8, 4) is 0 Å². The lowest BCUT2D eigenvalue weighted by atomic mass is 10.1. The SMILES string of the molecule is CCC(CNC)C(=O)NCCc1ccccn1. The molecule has 0 spiro atoms. The summed E-state index contributed by atoms with van der Waals surface area (Å²) in [5, 5.41) is 5.98. The Balaban J connectivity index is 2.28.